The molecule has 0 atom stereocenters. The number of hydrogen-bond acceptors (Lipinski definition) is 3. The Morgan fingerprint density at radius 2 is 2.25 bits per heavy atom. The predicted octanol–water partition coefficient (Wildman–Crippen LogP) is 3.04. The van der Waals surface area contributed by atoms with Crippen LogP contribution in [0.15, 0.2) is 10.5 Å². The molecule has 1 N–H and O–H groups in total. The van der Waals surface area contributed by atoms with Crippen LogP contribution in [-0.4, -0.2) is 36.0 Å². The van der Waals surface area contributed by atoms with Gasteiger partial charge in [0.15, 0.2) is 5.96 Å². The summed E-state index contributed by atoms with van der Waals surface area (Å²) in [4.78, 5) is 12.4. The molecule has 1 aromatic rings. The van der Waals surface area contributed by atoms with Gasteiger partial charge < -0.3 is 10.2 Å². The van der Waals surface area contributed by atoms with Crippen molar-refractivity contribution in [1.82, 2.24) is 15.2 Å². The van der Waals surface area contributed by atoms with Crippen LogP contribution in [0.1, 0.15) is 43.7 Å². The second-order valence-electron chi connectivity index (χ2n) is 5.64. The lowest BCUT2D eigenvalue weighted by Gasteiger charge is -2.27. The van der Waals surface area contributed by atoms with Crippen molar-refractivity contribution < 1.29 is 0 Å². The normalized spacial score (nSPS) is 18.6. The minimum atomic E-state index is 0.484. The highest BCUT2D eigenvalue weighted by atomic mass is 32.1. The first-order chi connectivity index (χ1) is 9.64. The standard InChI is InChI=1S/C15H26N4S/c1-5-15(6-2)7-8-19(10-15)14(16-4)17-9-13-12(3)18-11-20-13/h11H,5-10H2,1-4H3,(H,16,17). The number of likely N-dealkylation sites (tertiary alicyclic amines) is 1. The average molecular weight is 294 g/mol. The summed E-state index contributed by atoms with van der Waals surface area (Å²) in [7, 11) is 1.87. The van der Waals surface area contributed by atoms with E-state index in [4.69, 9.17) is 0 Å². The third-order valence-electron chi connectivity index (χ3n) is 4.70. The molecule has 1 aliphatic rings. The van der Waals surface area contributed by atoms with Gasteiger partial charge in [0.25, 0.3) is 0 Å². The molecule has 5 heteroatoms. The maximum absolute atomic E-state index is 4.45. The van der Waals surface area contributed by atoms with Crippen LogP contribution in [0.3, 0.4) is 0 Å². The Labute approximate surface area is 126 Å². The summed E-state index contributed by atoms with van der Waals surface area (Å²) in [5.74, 6) is 1.03. The van der Waals surface area contributed by atoms with Crippen LogP contribution in [0.25, 0.3) is 0 Å². The van der Waals surface area contributed by atoms with Gasteiger partial charge in [-0.25, -0.2) is 4.98 Å². The first kappa shape index (κ1) is 15.3. The molecule has 0 amide bonds. The van der Waals surface area contributed by atoms with Crippen molar-refractivity contribution in [2.75, 3.05) is 20.1 Å². The largest absolute Gasteiger partial charge is 0.351 e. The molecule has 2 heterocycles. The highest BCUT2D eigenvalue weighted by Crippen LogP contribution is 2.36. The van der Waals surface area contributed by atoms with Crippen molar-refractivity contribution in [1.29, 1.82) is 0 Å². The van der Waals surface area contributed by atoms with Crippen molar-refractivity contribution in [3.63, 3.8) is 0 Å². The first-order valence-corrected chi connectivity index (χ1v) is 8.36. The summed E-state index contributed by atoms with van der Waals surface area (Å²) >= 11 is 1.71. The van der Waals surface area contributed by atoms with Crippen molar-refractivity contribution in [3.05, 3.63) is 16.1 Å². The molecule has 0 spiro atoms. The number of guanidine groups is 1. The van der Waals surface area contributed by atoms with Gasteiger partial charge >= 0.3 is 0 Å². The third-order valence-corrected chi connectivity index (χ3v) is 5.64. The highest BCUT2D eigenvalue weighted by Gasteiger charge is 2.36. The molecule has 0 bridgehead atoms. The van der Waals surface area contributed by atoms with Crippen molar-refractivity contribution in [2.24, 2.45) is 10.4 Å². The van der Waals surface area contributed by atoms with Crippen LogP contribution in [0.5, 0.6) is 0 Å². The number of rotatable bonds is 4. The van der Waals surface area contributed by atoms with Crippen LogP contribution in [-0.2, 0) is 6.54 Å². The molecular weight excluding hydrogens is 268 g/mol. The fraction of sp³-hybridized carbons (Fsp3) is 0.733. The van der Waals surface area contributed by atoms with E-state index in [0.717, 1.165) is 31.3 Å². The maximum atomic E-state index is 4.45. The summed E-state index contributed by atoms with van der Waals surface area (Å²) in [5.41, 5.74) is 3.51. The van der Waals surface area contributed by atoms with Gasteiger partial charge in [0.2, 0.25) is 0 Å². The van der Waals surface area contributed by atoms with E-state index in [0.29, 0.717) is 5.41 Å². The number of aliphatic imine (C=N–C) groups is 1. The van der Waals surface area contributed by atoms with Crippen LogP contribution in [0, 0.1) is 12.3 Å². The summed E-state index contributed by atoms with van der Waals surface area (Å²) < 4.78 is 0. The number of aromatic nitrogens is 1. The van der Waals surface area contributed by atoms with E-state index < -0.39 is 0 Å². The van der Waals surface area contributed by atoms with E-state index in [1.807, 2.05) is 12.6 Å². The van der Waals surface area contributed by atoms with E-state index in [9.17, 15) is 0 Å². The fourth-order valence-electron chi connectivity index (χ4n) is 2.93. The number of aryl methyl sites for hydroxylation is 1. The molecule has 0 unspecified atom stereocenters. The van der Waals surface area contributed by atoms with Crippen LogP contribution in [0.4, 0.5) is 0 Å². The summed E-state index contributed by atoms with van der Waals surface area (Å²) in [6, 6.07) is 0. The first-order valence-electron chi connectivity index (χ1n) is 7.48. The van der Waals surface area contributed by atoms with Gasteiger partial charge in [-0.1, -0.05) is 13.8 Å². The SMILES string of the molecule is CCC1(CC)CCN(C(=NC)NCc2scnc2C)C1. The summed E-state index contributed by atoms with van der Waals surface area (Å²) in [6.07, 6.45) is 3.79. The number of hydrogen-bond donors (Lipinski definition) is 1. The Bertz CT molecular complexity index is 462. The molecule has 20 heavy (non-hydrogen) atoms. The zero-order valence-corrected chi connectivity index (χ0v) is 13.9. The van der Waals surface area contributed by atoms with Crippen LogP contribution < -0.4 is 5.32 Å². The molecule has 0 aliphatic carbocycles. The third kappa shape index (κ3) is 3.14. The Morgan fingerprint density at radius 3 is 2.75 bits per heavy atom. The van der Waals surface area contributed by atoms with Gasteiger partial charge in [-0.3, -0.25) is 4.99 Å². The lowest BCUT2D eigenvalue weighted by molar-refractivity contribution is 0.276. The molecule has 1 aromatic heterocycles. The minimum Gasteiger partial charge on any atom is -0.351 e. The molecule has 1 saturated heterocycles. The molecule has 0 radical (unpaired) electrons. The second kappa shape index (κ2) is 6.57. The van der Waals surface area contributed by atoms with Gasteiger partial charge in [0.1, 0.15) is 0 Å². The highest BCUT2D eigenvalue weighted by molar-refractivity contribution is 7.09. The lowest BCUT2D eigenvalue weighted by Crippen LogP contribution is -2.40. The molecular formula is C15H26N4S. The number of nitrogens with zero attached hydrogens (tertiary/aromatic N) is 3. The Kier molecular flexibility index (Phi) is 5.02. The maximum Gasteiger partial charge on any atom is 0.193 e. The fourth-order valence-corrected chi connectivity index (χ4v) is 3.65. The van der Waals surface area contributed by atoms with Crippen molar-refractivity contribution in [2.45, 2.75) is 46.6 Å². The van der Waals surface area contributed by atoms with Gasteiger partial charge in [-0.2, -0.15) is 0 Å². The summed E-state index contributed by atoms with van der Waals surface area (Å²) in [5, 5.41) is 3.49. The second-order valence-corrected chi connectivity index (χ2v) is 6.58. The predicted molar refractivity (Wildman–Crippen MR) is 86.3 cm³/mol. The molecule has 2 rings (SSSR count). The van der Waals surface area contributed by atoms with E-state index in [2.05, 4.69) is 41.0 Å². The number of thiazole rings is 1. The molecule has 1 fully saturated rings. The quantitative estimate of drug-likeness (QED) is 0.685. The monoisotopic (exact) mass is 294 g/mol. The summed E-state index contributed by atoms with van der Waals surface area (Å²) in [6.45, 7) is 9.74. The Hall–Kier alpha value is -1.10. The van der Waals surface area contributed by atoms with Crippen molar-refractivity contribution in [3.8, 4) is 0 Å². The van der Waals surface area contributed by atoms with Gasteiger partial charge in [-0.05, 0) is 31.6 Å². The van der Waals surface area contributed by atoms with Gasteiger partial charge in [-0.15, -0.1) is 11.3 Å². The molecule has 1 aliphatic heterocycles. The topological polar surface area (TPSA) is 40.5 Å². The number of nitrogens with one attached hydrogen (secondary N) is 1. The molecule has 4 nitrogen and oxygen atoms in total. The van der Waals surface area contributed by atoms with Gasteiger partial charge in [0, 0.05) is 25.0 Å². The lowest BCUT2D eigenvalue weighted by atomic mass is 9.82. The Morgan fingerprint density at radius 1 is 1.50 bits per heavy atom. The molecule has 0 saturated carbocycles. The van der Waals surface area contributed by atoms with Crippen LogP contribution >= 0.6 is 11.3 Å². The zero-order chi connectivity index (χ0) is 14.6. The van der Waals surface area contributed by atoms with E-state index >= 15 is 0 Å². The Balaban J connectivity index is 1.95. The smallest absolute Gasteiger partial charge is 0.193 e. The average Bonchev–Trinajstić information content (AvgIpc) is 3.07. The minimum absolute atomic E-state index is 0.484. The molecule has 0 aromatic carbocycles. The van der Waals surface area contributed by atoms with E-state index in [1.165, 1.54) is 24.1 Å². The molecule has 112 valence electrons. The van der Waals surface area contributed by atoms with E-state index in [1.54, 1.807) is 11.3 Å². The van der Waals surface area contributed by atoms with E-state index in [-0.39, 0.29) is 0 Å². The van der Waals surface area contributed by atoms with Crippen LogP contribution in [0.2, 0.25) is 0 Å². The van der Waals surface area contributed by atoms with Crippen molar-refractivity contribution >= 4 is 17.3 Å². The zero-order valence-electron chi connectivity index (χ0n) is 13.1. The van der Waals surface area contributed by atoms with Gasteiger partial charge in [0.05, 0.1) is 17.7 Å².